The molecule has 0 radical (unpaired) electrons. The van der Waals surface area contributed by atoms with E-state index in [2.05, 4.69) is 12.6 Å². The van der Waals surface area contributed by atoms with Crippen LogP contribution in [0.15, 0.2) is 30.3 Å². The number of hydrogen-bond donors (Lipinski definition) is 1. The molecule has 1 atom stereocenters. The smallest absolute Gasteiger partial charge is 0.236 e. The molecule has 3 nitrogen and oxygen atoms in total. The number of hydrogen-bond acceptors (Lipinski definition) is 3. The van der Waals surface area contributed by atoms with Crippen molar-refractivity contribution in [2.45, 2.75) is 30.6 Å². The van der Waals surface area contributed by atoms with Gasteiger partial charge in [0.25, 0.3) is 0 Å². The summed E-state index contributed by atoms with van der Waals surface area (Å²) < 4.78 is 5.08. The molecule has 1 unspecified atom stereocenters. The van der Waals surface area contributed by atoms with Crippen LogP contribution in [0.25, 0.3) is 0 Å². The minimum atomic E-state index is -0.264. The van der Waals surface area contributed by atoms with Crippen molar-refractivity contribution in [3.05, 3.63) is 35.9 Å². The predicted octanol–water partition coefficient (Wildman–Crippen LogP) is 2.16. The molecular formula is C15H21NO2S. The number of carbonyl (C=O) groups excluding carboxylic acids is 1. The largest absolute Gasteiger partial charge is 0.383 e. The van der Waals surface area contributed by atoms with E-state index in [1.54, 1.807) is 7.11 Å². The van der Waals surface area contributed by atoms with Gasteiger partial charge in [0.15, 0.2) is 0 Å². The molecule has 19 heavy (non-hydrogen) atoms. The Morgan fingerprint density at radius 3 is 2.68 bits per heavy atom. The fourth-order valence-corrected chi connectivity index (χ4v) is 2.52. The van der Waals surface area contributed by atoms with Gasteiger partial charge in [-0.3, -0.25) is 4.79 Å². The van der Waals surface area contributed by atoms with Gasteiger partial charge in [0.2, 0.25) is 5.91 Å². The lowest BCUT2D eigenvalue weighted by Crippen LogP contribution is -2.41. The Labute approximate surface area is 120 Å². The van der Waals surface area contributed by atoms with E-state index in [9.17, 15) is 4.79 Å². The standard InChI is InChI=1S/C15H21NO2S/c1-18-10-9-16(13-7-8-13)15(17)14(19)11-12-5-3-2-4-6-12/h2-6,13-14,19H,7-11H2,1H3. The molecule has 1 aliphatic carbocycles. The first-order valence-electron chi connectivity index (χ1n) is 6.73. The van der Waals surface area contributed by atoms with Crippen molar-refractivity contribution in [3.63, 3.8) is 0 Å². The lowest BCUT2D eigenvalue weighted by atomic mass is 10.1. The third-order valence-corrected chi connectivity index (χ3v) is 3.77. The van der Waals surface area contributed by atoms with Crippen LogP contribution in [-0.2, 0) is 16.0 Å². The second-order valence-electron chi connectivity index (χ2n) is 4.96. The molecule has 0 N–H and O–H groups in total. The quantitative estimate of drug-likeness (QED) is 0.775. The first-order chi connectivity index (χ1) is 9.22. The molecule has 0 bridgehead atoms. The van der Waals surface area contributed by atoms with Crippen molar-refractivity contribution < 1.29 is 9.53 Å². The minimum absolute atomic E-state index is 0.131. The maximum Gasteiger partial charge on any atom is 0.236 e. The van der Waals surface area contributed by atoms with Crippen LogP contribution in [0.5, 0.6) is 0 Å². The third-order valence-electron chi connectivity index (χ3n) is 3.36. The summed E-state index contributed by atoms with van der Waals surface area (Å²) in [6.07, 6.45) is 2.90. The number of rotatable bonds is 7. The van der Waals surface area contributed by atoms with Crippen molar-refractivity contribution >= 4 is 18.5 Å². The summed E-state index contributed by atoms with van der Waals surface area (Å²) in [7, 11) is 1.66. The Balaban J connectivity index is 1.92. The molecule has 1 fully saturated rings. The van der Waals surface area contributed by atoms with Crippen LogP contribution in [0.4, 0.5) is 0 Å². The molecule has 1 amide bonds. The Morgan fingerprint density at radius 2 is 2.11 bits per heavy atom. The summed E-state index contributed by atoms with van der Waals surface area (Å²) in [5.74, 6) is 0.131. The highest BCUT2D eigenvalue weighted by Crippen LogP contribution is 2.28. The highest BCUT2D eigenvalue weighted by molar-refractivity contribution is 7.81. The molecule has 0 aromatic heterocycles. The molecule has 0 saturated heterocycles. The van der Waals surface area contributed by atoms with E-state index in [0.29, 0.717) is 25.6 Å². The van der Waals surface area contributed by atoms with Crippen LogP contribution in [0.2, 0.25) is 0 Å². The Hall–Kier alpha value is -1.00. The average Bonchev–Trinajstić information content (AvgIpc) is 3.24. The van der Waals surface area contributed by atoms with Crippen molar-refractivity contribution in [3.8, 4) is 0 Å². The monoisotopic (exact) mass is 279 g/mol. The number of nitrogens with zero attached hydrogens (tertiary/aromatic N) is 1. The van der Waals surface area contributed by atoms with E-state index in [-0.39, 0.29) is 11.2 Å². The highest BCUT2D eigenvalue weighted by Gasteiger charge is 2.34. The third kappa shape index (κ3) is 4.25. The number of benzene rings is 1. The molecular weight excluding hydrogens is 258 g/mol. The lowest BCUT2D eigenvalue weighted by molar-refractivity contribution is -0.131. The van der Waals surface area contributed by atoms with E-state index >= 15 is 0 Å². The van der Waals surface area contributed by atoms with Crippen LogP contribution in [0, 0.1) is 0 Å². The zero-order valence-corrected chi connectivity index (χ0v) is 12.2. The van der Waals surface area contributed by atoms with Gasteiger partial charge in [-0.15, -0.1) is 0 Å². The summed E-state index contributed by atoms with van der Waals surface area (Å²) in [4.78, 5) is 14.4. The molecule has 1 aromatic carbocycles. The molecule has 0 spiro atoms. The predicted molar refractivity (Wildman–Crippen MR) is 79.5 cm³/mol. The van der Waals surface area contributed by atoms with Gasteiger partial charge in [0.1, 0.15) is 0 Å². The minimum Gasteiger partial charge on any atom is -0.383 e. The summed E-state index contributed by atoms with van der Waals surface area (Å²) in [5.41, 5.74) is 1.15. The average molecular weight is 279 g/mol. The van der Waals surface area contributed by atoms with E-state index in [4.69, 9.17) is 4.74 Å². The number of thiol groups is 1. The summed E-state index contributed by atoms with van der Waals surface area (Å²) in [5, 5.41) is -0.264. The maximum atomic E-state index is 12.4. The molecule has 4 heteroatoms. The summed E-state index contributed by atoms with van der Waals surface area (Å²) in [6.45, 7) is 1.26. The van der Waals surface area contributed by atoms with Gasteiger partial charge in [0.05, 0.1) is 11.9 Å². The number of amides is 1. The van der Waals surface area contributed by atoms with E-state index < -0.39 is 0 Å². The first kappa shape index (κ1) is 14.4. The molecule has 104 valence electrons. The van der Waals surface area contributed by atoms with E-state index in [0.717, 1.165) is 18.4 Å². The second-order valence-corrected chi connectivity index (χ2v) is 5.58. The number of carbonyl (C=O) groups is 1. The SMILES string of the molecule is COCCN(C(=O)C(S)Cc1ccccc1)C1CC1. The van der Waals surface area contributed by atoms with Gasteiger partial charge in [-0.1, -0.05) is 30.3 Å². The van der Waals surface area contributed by atoms with Crippen LogP contribution >= 0.6 is 12.6 Å². The van der Waals surface area contributed by atoms with Crippen LogP contribution in [0.3, 0.4) is 0 Å². The van der Waals surface area contributed by atoms with Gasteiger partial charge >= 0.3 is 0 Å². The Kier molecular flexibility index (Phi) is 5.28. The van der Waals surface area contributed by atoms with E-state index in [1.165, 1.54) is 0 Å². The highest BCUT2D eigenvalue weighted by atomic mass is 32.1. The van der Waals surface area contributed by atoms with Gasteiger partial charge in [-0.25, -0.2) is 0 Å². The van der Waals surface area contributed by atoms with Gasteiger partial charge < -0.3 is 9.64 Å². The normalized spacial score (nSPS) is 16.1. The topological polar surface area (TPSA) is 29.5 Å². The molecule has 0 heterocycles. The molecule has 1 saturated carbocycles. The number of methoxy groups -OCH3 is 1. The maximum absolute atomic E-state index is 12.4. The first-order valence-corrected chi connectivity index (χ1v) is 7.25. The Bertz CT molecular complexity index is 406. The van der Waals surface area contributed by atoms with Gasteiger partial charge in [-0.05, 0) is 24.8 Å². The van der Waals surface area contributed by atoms with Crippen LogP contribution in [-0.4, -0.2) is 42.4 Å². The van der Waals surface area contributed by atoms with Crippen molar-refractivity contribution in [1.29, 1.82) is 0 Å². The van der Waals surface area contributed by atoms with Crippen molar-refractivity contribution in [1.82, 2.24) is 4.90 Å². The fourth-order valence-electron chi connectivity index (χ4n) is 2.16. The lowest BCUT2D eigenvalue weighted by Gasteiger charge is -2.25. The Morgan fingerprint density at radius 1 is 1.42 bits per heavy atom. The van der Waals surface area contributed by atoms with Crippen molar-refractivity contribution in [2.75, 3.05) is 20.3 Å². The molecule has 1 aliphatic rings. The van der Waals surface area contributed by atoms with Gasteiger partial charge in [-0.2, -0.15) is 12.6 Å². The summed E-state index contributed by atoms with van der Waals surface area (Å²) >= 11 is 4.49. The zero-order chi connectivity index (χ0) is 13.7. The van der Waals surface area contributed by atoms with Crippen LogP contribution in [0.1, 0.15) is 18.4 Å². The van der Waals surface area contributed by atoms with Crippen LogP contribution < -0.4 is 0 Å². The molecule has 0 aliphatic heterocycles. The second kappa shape index (κ2) is 6.96. The number of ether oxygens (including phenoxy) is 1. The fraction of sp³-hybridized carbons (Fsp3) is 0.533. The molecule has 1 aromatic rings. The van der Waals surface area contributed by atoms with Gasteiger partial charge in [0, 0.05) is 19.7 Å². The zero-order valence-electron chi connectivity index (χ0n) is 11.3. The molecule has 2 rings (SSSR count). The summed E-state index contributed by atoms with van der Waals surface area (Å²) in [6, 6.07) is 10.4. The van der Waals surface area contributed by atoms with E-state index in [1.807, 2.05) is 35.2 Å². The van der Waals surface area contributed by atoms with Crippen molar-refractivity contribution in [2.24, 2.45) is 0 Å².